The molecular weight excluding hydrogens is 334 g/mol. The van der Waals surface area contributed by atoms with Gasteiger partial charge in [-0.05, 0) is 29.8 Å². The number of ether oxygens (including phenoxy) is 3. The van der Waals surface area contributed by atoms with Crippen molar-refractivity contribution in [3.63, 3.8) is 0 Å². The van der Waals surface area contributed by atoms with Gasteiger partial charge in [0.05, 0.1) is 7.11 Å². The first kappa shape index (κ1) is 17.0. The Labute approximate surface area is 152 Å². The molecule has 0 radical (unpaired) electrons. The van der Waals surface area contributed by atoms with E-state index >= 15 is 0 Å². The lowest BCUT2D eigenvalue weighted by Crippen LogP contribution is -2.46. The van der Waals surface area contributed by atoms with Crippen molar-refractivity contribution in [2.24, 2.45) is 0 Å². The quantitative estimate of drug-likeness (QED) is 0.841. The molecule has 0 aliphatic carbocycles. The molecule has 0 aromatic heterocycles. The maximum absolute atomic E-state index is 13.5. The summed E-state index contributed by atoms with van der Waals surface area (Å²) in [6.45, 7) is 5.80. The third-order valence-electron chi connectivity index (χ3n) is 4.88. The van der Waals surface area contributed by atoms with Crippen molar-refractivity contribution >= 4 is 5.69 Å². The summed E-state index contributed by atoms with van der Waals surface area (Å²) in [5.74, 6) is 1.63. The molecule has 0 amide bonds. The molecule has 0 saturated carbocycles. The van der Waals surface area contributed by atoms with Crippen molar-refractivity contribution in [3.05, 3.63) is 47.8 Å². The van der Waals surface area contributed by atoms with E-state index in [0.717, 1.165) is 55.5 Å². The molecule has 0 bridgehead atoms. The van der Waals surface area contributed by atoms with E-state index in [1.165, 1.54) is 13.2 Å². The molecule has 4 rings (SSSR count). The maximum Gasteiger partial charge on any atom is 0.165 e. The summed E-state index contributed by atoms with van der Waals surface area (Å²) in [5, 5.41) is 0. The van der Waals surface area contributed by atoms with Gasteiger partial charge in [0, 0.05) is 44.5 Å². The number of anilines is 1. The highest BCUT2D eigenvalue weighted by Gasteiger charge is 2.20. The number of piperazine rings is 1. The summed E-state index contributed by atoms with van der Waals surface area (Å²) >= 11 is 0. The molecular formula is C20H23FN2O3. The van der Waals surface area contributed by atoms with Crippen LogP contribution in [0.25, 0.3) is 0 Å². The van der Waals surface area contributed by atoms with Gasteiger partial charge < -0.3 is 19.1 Å². The van der Waals surface area contributed by atoms with Gasteiger partial charge in [0.15, 0.2) is 23.1 Å². The van der Waals surface area contributed by atoms with Crippen molar-refractivity contribution < 1.29 is 18.6 Å². The number of benzene rings is 2. The Morgan fingerprint density at radius 1 is 0.962 bits per heavy atom. The summed E-state index contributed by atoms with van der Waals surface area (Å²) in [4.78, 5) is 4.74. The molecule has 2 heterocycles. The zero-order chi connectivity index (χ0) is 17.9. The molecule has 1 saturated heterocycles. The van der Waals surface area contributed by atoms with Gasteiger partial charge in [-0.2, -0.15) is 0 Å². The van der Waals surface area contributed by atoms with E-state index < -0.39 is 0 Å². The average molecular weight is 357 g/mol. The number of rotatable bonds is 4. The van der Waals surface area contributed by atoms with Crippen LogP contribution in [0.2, 0.25) is 0 Å². The van der Waals surface area contributed by atoms with Crippen molar-refractivity contribution in [2.45, 2.75) is 6.54 Å². The van der Waals surface area contributed by atoms with Crippen LogP contribution in [-0.2, 0) is 6.54 Å². The number of nitrogens with zero attached hydrogens (tertiary/aromatic N) is 2. The lowest BCUT2D eigenvalue weighted by molar-refractivity contribution is 0.171. The Kier molecular flexibility index (Phi) is 4.84. The molecule has 0 spiro atoms. The fourth-order valence-electron chi connectivity index (χ4n) is 3.45. The third kappa shape index (κ3) is 3.55. The van der Waals surface area contributed by atoms with Crippen LogP contribution in [0.15, 0.2) is 36.4 Å². The molecule has 26 heavy (non-hydrogen) atoms. The molecule has 6 heteroatoms. The SMILES string of the molecule is COc1cc(CN2CCN(c3ccc4c(c3)OCCO4)CC2)ccc1[18F]. The van der Waals surface area contributed by atoms with Gasteiger partial charge in [-0.3, -0.25) is 4.90 Å². The normalized spacial score (nSPS) is 17.2. The van der Waals surface area contributed by atoms with Gasteiger partial charge in [-0.25, -0.2) is 4.39 Å². The first-order chi connectivity index (χ1) is 12.7. The Morgan fingerprint density at radius 3 is 2.50 bits per heavy atom. The van der Waals surface area contributed by atoms with Crippen LogP contribution in [0, 0.1) is 5.82 Å². The molecule has 2 aromatic rings. The van der Waals surface area contributed by atoms with Gasteiger partial charge in [0.2, 0.25) is 0 Å². The van der Waals surface area contributed by atoms with Crippen molar-refractivity contribution in [2.75, 3.05) is 51.4 Å². The number of hydrogen-bond donors (Lipinski definition) is 0. The molecule has 0 N–H and O–H groups in total. The first-order valence-corrected chi connectivity index (χ1v) is 8.92. The van der Waals surface area contributed by atoms with E-state index in [4.69, 9.17) is 14.2 Å². The Balaban J connectivity index is 1.37. The minimum absolute atomic E-state index is 0.303. The molecule has 138 valence electrons. The molecule has 0 atom stereocenters. The monoisotopic (exact) mass is 357 g/mol. The first-order valence-electron chi connectivity index (χ1n) is 8.92. The Hall–Kier alpha value is -2.47. The zero-order valence-electron chi connectivity index (χ0n) is 14.9. The predicted octanol–water partition coefficient (Wildman–Crippen LogP) is 2.93. The van der Waals surface area contributed by atoms with E-state index in [9.17, 15) is 4.39 Å². The zero-order valence-corrected chi connectivity index (χ0v) is 14.9. The minimum atomic E-state index is -0.320. The van der Waals surface area contributed by atoms with Gasteiger partial charge >= 0.3 is 0 Å². The second-order valence-corrected chi connectivity index (χ2v) is 6.56. The average Bonchev–Trinajstić information content (AvgIpc) is 2.69. The fourth-order valence-corrected chi connectivity index (χ4v) is 3.45. The van der Waals surface area contributed by atoms with Crippen LogP contribution >= 0.6 is 0 Å². The smallest absolute Gasteiger partial charge is 0.165 e. The van der Waals surface area contributed by atoms with E-state index in [2.05, 4.69) is 21.9 Å². The molecule has 2 aromatic carbocycles. The van der Waals surface area contributed by atoms with E-state index in [-0.39, 0.29) is 5.82 Å². The topological polar surface area (TPSA) is 34.2 Å². The number of methoxy groups -OCH3 is 1. The summed E-state index contributed by atoms with van der Waals surface area (Å²) in [5.41, 5.74) is 2.23. The highest BCUT2D eigenvalue weighted by atomic mass is 18.2. The predicted molar refractivity (Wildman–Crippen MR) is 97.9 cm³/mol. The largest absolute Gasteiger partial charge is 0.494 e. The number of hydrogen-bond acceptors (Lipinski definition) is 5. The lowest BCUT2D eigenvalue weighted by Gasteiger charge is -2.36. The van der Waals surface area contributed by atoms with Crippen LogP contribution in [0.1, 0.15) is 5.56 Å². The van der Waals surface area contributed by atoms with Crippen LogP contribution in [0.4, 0.5) is 10.1 Å². The van der Waals surface area contributed by atoms with Crippen molar-refractivity contribution in [3.8, 4) is 17.2 Å². The van der Waals surface area contributed by atoms with Gasteiger partial charge in [0.1, 0.15) is 13.2 Å². The third-order valence-corrected chi connectivity index (χ3v) is 4.88. The van der Waals surface area contributed by atoms with Gasteiger partial charge in [-0.15, -0.1) is 0 Å². The number of halogens is 1. The second-order valence-electron chi connectivity index (χ2n) is 6.56. The maximum atomic E-state index is 13.5. The van der Waals surface area contributed by atoms with Crippen LogP contribution in [-0.4, -0.2) is 51.4 Å². The van der Waals surface area contributed by atoms with E-state index in [1.807, 2.05) is 12.1 Å². The van der Waals surface area contributed by atoms with Crippen molar-refractivity contribution in [1.29, 1.82) is 0 Å². The van der Waals surface area contributed by atoms with E-state index in [0.29, 0.717) is 19.0 Å². The molecule has 1 fully saturated rings. The van der Waals surface area contributed by atoms with Crippen molar-refractivity contribution in [1.82, 2.24) is 4.90 Å². The highest BCUT2D eigenvalue weighted by Crippen LogP contribution is 2.34. The summed E-state index contributed by atoms with van der Waals surface area (Å²) < 4.78 is 29.9. The van der Waals surface area contributed by atoms with Gasteiger partial charge in [0.25, 0.3) is 0 Å². The van der Waals surface area contributed by atoms with Crippen LogP contribution in [0.5, 0.6) is 17.2 Å². The molecule has 0 unspecified atom stereocenters. The van der Waals surface area contributed by atoms with Crippen LogP contribution < -0.4 is 19.1 Å². The Bertz CT molecular complexity index is 776. The number of fused-ring (bicyclic) bond motifs is 1. The van der Waals surface area contributed by atoms with E-state index in [1.54, 1.807) is 6.07 Å². The van der Waals surface area contributed by atoms with Gasteiger partial charge in [-0.1, -0.05) is 6.07 Å². The lowest BCUT2D eigenvalue weighted by atomic mass is 10.1. The highest BCUT2D eigenvalue weighted by molar-refractivity contribution is 5.57. The van der Waals surface area contributed by atoms with Crippen LogP contribution in [0.3, 0.4) is 0 Å². The standard InChI is InChI=1S/C20H23FN2O3/c1-24-19-12-15(2-4-17(19)21)14-22-6-8-23(9-7-22)16-3-5-18-20(13-16)26-11-10-25-18/h2-5,12-13H,6-11,14H2,1H3/i21-1. The summed E-state index contributed by atoms with van der Waals surface area (Å²) in [7, 11) is 1.49. The fraction of sp³-hybridized carbons (Fsp3) is 0.400. The Morgan fingerprint density at radius 2 is 1.73 bits per heavy atom. The molecule has 5 nitrogen and oxygen atoms in total. The summed E-state index contributed by atoms with van der Waals surface area (Å²) in [6, 6.07) is 11.2. The minimum Gasteiger partial charge on any atom is -0.494 e. The molecule has 2 aliphatic heterocycles. The summed E-state index contributed by atoms with van der Waals surface area (Å²) in [6.07, 6.45) is 0. The molecule has 2 aliphatic rings. The second kappa shape index (κ2) is 7.41.